The second-order valence-electron chi connectivity index (χ2n) is 6.36. The monoisotopic (exact) mass is 376 g/mol. The molecule has 0 bridgehead atoms. The molecule has 0 radical (unpaired) electrons. The van der Waals surface area contributed by atoms with Gasteiger partial charge in [-0.1, -0.05) is 78.9 Å². The lowest BCUT2D eigenvalue weighted by Gasteiger charge is -2.30. The van der Waals surface area contributed by atoms with Crippen LogP contribution in [0.2, 0.25) is 0 Å². The molecule has 1 atom stereocenters. The predicted molar refractivity (Wildman–Crippen MR) is 110 cm³/mol. The predicted octanol–water partition coefficient (Wildman–Crippen LogP) is 6.42. The minimum absolute atomic E-state index is 0.314. The van der Waals surface area contributed by atoms with E-state index in [2.05, 4.69) is 12.1 Å². The van der Waals surface area contributed by atoms with Gasteiger partial charge in [-0.25, -0.2) is 4.57 Å². The summed E-state index contributed by atoms with van der Waals surface area (Å²) in [6.45, 7) is 2.15. The highest BCUT2D eigenvalue weighted by Crippen LogP contribution is 2.66. The van der Waals surface area contributed by atoms with E-state index in [1.54, 1.807) is 0 Å². The molecule has 1 aliphatic heterocycles. The fourth-order valence-corrected chi connectivity index (χ4v) is 5.46. The van der Waals surface area contributed by atoms with Gasteiger partial charge in [0.05, 0.1) is 11.9 Å². The molecule has 3 nitrogen and oxygen atoms in total. The van der Waals surface area contributed by atoms with Gasteiger partial charge in [-0.3, -0.25) is 4.52 Å². The topological polar surface area (TPSA) is 35.5 Å². The van der Waals surface area contributed by atoms with Crippen molar-refractivity contribution in [1.29, 1.82) is 0 Å². The first-order valence-corrected chi connectivity index (χ1v) is 10.6. The van der Waals surface area contributed by atoms with E-state index < -0.39 is 7.60 Å². The largest absolute Gasteiger partial charge is 0.421 e. The molecule has 0 aliphatic carbocycles. The molecule has 136 valence electrons. The Morgan fingerprint density at radius 3 is 2.19 bits per heavy atom. The van der Waals surface area contributed by atoms with Crippen molar-refractivity contribution in [2.45, 2.75) is 13.3 Å². The van der Waals surface area contributed by atoms with Crippen LogP contribution < -0.4 is 4.52 Å². The summed E-state index contributed by atoms with van der Waals surface area (Å²) in [6, 6.07) is 27.7. The number of para-hydroxylation sites is 1. The van der Waals surface area contributed by atoms with E-state index in [0.29, 0.717) is 24.1 Å². The van der Waals surface area contributed by atoms with E-state index in [9.17, 15) is 4.57 Å². The number of allylic oxidation sites excluding steroid dienone is 1. The van der Waals surface area contributed by atoms with Gasteiger partial charge in [0, 0.05) is 5.56 Å². The summed E-state index contributed by atoms with van der Waals surface area (Å²) in [7, 11) is -3.49. The molecule has 3 aromatic carbocycles. The molecule has 0 amide bonds. The first kappa shape index (κ1) is 17.8. The van der Waals surface area contributed by atoms with Crippen molar-refractivity contribution >= 4 is 18.5 Å². The molecule has 4 rings (SSSR count). The SMILES string of the molecule is CCOP1(=O)Oc2ccccc2C(Cc2ccccc2)=C1c1ccccc1. The Kier molecular flexibility index (Phi) is 4.98. The third-order valence-electron chi connectivity index (χ3n) is 4.56. The highest BCUT2D eigenvalue weighted by Gasteiger charge is 2.40. The maximum atomic E-state index is 13.8. The van der Waals surface area contributed by atoms with Crippen LogP contribution in [0.1, 0.15) is 23.6 Å². The van der Waals surface area contributed by atoms with E-state index in [4.69, 9.17) is 9.05 Å². The number of rotatable bonds is 5. The van der Waals surface area contributed by atoms with Crippen molar-refractivity contribution in [2.24, 2.45) is 0 Å². The summed E-state index contributed by atoms with van der Waals surface area (Å²) in [5.41, 5.74) is 3.98. The number of hydrogen-bond acceptors (Lipinski definition) is 3. The Morgan fingerprint density at radius 2 is 1.48 bits per heavy atom. The van der Waals surface area contributed by atoms with E-state index in [0.717, 1.165) is 22.3 Å². The van der Waals surface area contributed by atoms with Crippen molar-refractivity contribution < 1.29 is 13.6 Å². The van der Waals surface area contributed by atoms with Crippen LogP contribution in [0.15, 0.2) is 84.9 Å². The van der Waals surface area contributed by atoms with Crippen LogP contribution in [-0.4, -0.2) is 6.61 Å². The lowest BCUT2D eigenvalue weighted by Crippen LogP contribution is -2.10. The maximum Gasteiger partial charge on any atom is 0.411 e. The Hall–Kier alpha value is -2.61. The van der Waals surface area contributed by atoms with E-state index in [1.807, 2.05) is 79.7 Å². The summed E-state index contributed by atoms with van der Waals surface area (Å²) in [4.78, 5) is 0. The molecule has 3 aromatic rings. The Balaban J connectivity index is 1.99. The summed E-state index contributed by atoms with van der Waals surface area (Å²) in [5, 5.41) is 0.660. The molecule has 0 saturated carbocycles. The van der Waals surface area contributed by atoms with Crippen molar-refractivity contribution in [3.05, 3.63) is 102 Å². The molecule has 1 unspecified atom stereocenters. The molecule has 0 N–H and O–H groups in total. The Bertz CT molecular complexity index is 1010. The van der Waals surface area contributed by atoms with Crippen molar-refractivity contribution in [1.82, 2.24) is 0 Å². The minimum Gasteiger partial charge on any atom is -0.421 e. The van der Waals surface area contributed by atoms with Crippen LogP contribution >= 0.6 is 7.60 Å². The smallest absolute Gasteiger partial charge is 0.411 e. The van der Waals surface area contributed by atoms with Gasteiger partial charge in [0.2, 0.25) is 0 Å². The van der Waals surface area contributed by atoms with Crippen molar-refractivity contribution in [3.63, 3.8) is 0 Å². The van der Waals surface area contributed by atoms with E-state index in [1.165, 1.54) is 0 Å². The Morgan fingerprint density at radius 1 is 0.852 bits per heavy atom. The fraction of sp³-hybridized carbons (Fsp3) is 0.130. The minimum atomic E-state index is -3.49. The molecule has 0 spiro atoms. The first-order chi connectivity index (χ1) is 13.2. The van der Waals surface area contributed by atoms with Gasteiger partial charge in [-0.05, 0) is 36.1 Å². The lowest BCUT2D eigenvalue weighted by atomic mass is 9.95. The Labute approximate surface area is 159 Å². The second kappa shape index (κ2) is 7.56. The zero-order valence-electron chi connectivity index (χ0n) is 15.2. The van der Waals surface area contributed by atoms with Gasteiger partial charge in [-0.15, -0.1) is 0 Å². The number of benzene rings is 3. The summed E-state index contributed by atoms with van der Waals surface area (Å²) < 4.78 is 25.5. The molecule has 27 heavy (non-hydrogen) atoms. The third kappa shape index (κ3) is 3.49. The van der Waals surface area contributed by atoms with Crippen LogP contribution in [0.25, 0.3) is 10.9 Å². The van der Waals surface area contributed by atoms with Gasteiger partial charge >= 0.3 is 7.60 Å². The zero-order valence-corrected chi connectivity index (χ0v) is 16.1. The standard InChI is InChI=1S/C23H21O3P/c1-2-25-27(24)23(19-13-7-4-8-14-19)21(17-18-11-5-3-6-12-18)20-15-9-10-16-22(20)26-27/h3-16H,2,17H2,1H3. The zero-order chi connectivity index (χ0) is 18.7. The molecule has 1 heterocycles. The van der Waals surface area contributed by atoms with Crippen molar-refractivity contribution in [2.75, 3.05) is 6.61 Å². The highest BCUT2D eigenvalue weighted by atomic mass is 31.2. The molecule has 1 aliphatic rings. The quantitative estimate of drug-likeness (QED) is 0.482. The molecule has 4 heteroatoms. The van der Waals surface area contributed by atoms with Gasteiger partial charge in [0.1, 0.15) is 5.75 Å². The average molecular weight is 376 g/mol. The second-order valence-corrected chi connectivity index (χ2v) is 8.24. The number of fused-ring (bicyclic) bond motifs is 1. The first-order valence-electron chi connectivity index (χ1n) is 9.08. The van der Waals surface area contributed by atoms with Crippen LogP contribution in [0.4, 0.5) is 0 Å². The normalized spacial score (nSPS) is 18.7. The number of hydrogen-bond donors (Lipinski definition) is 0. The van der Waals surface area contributed by atoms with Crippen LogP contribution in [0.3, 0.4) is 0 Å². The van der Waals surface area contributed by atoms with Gasteiger partial charge in [0.15, 0.2) is 0 Å². The van der Waals surface area contributed by atoms with Gasteiger partial charge in [-0.2, -0.15) is 0 Å². The third-order valence-corrected chi connectivity index (χ3v) is 6.67. The molecular formula is C23H21O3P. The van der Waals surface area contributed by atoms with Crippen LogP contribution in [0, 0.1) is 0 Å². The summed E-state index contributed by atoms with van der Waals surface area (Å²) in [5.74, 6) is 0.611. The maximum absolute atomic E-state index is 13.8. The highest BCUT2D eigenvalue weighted by molar-refractivity contribution is 7.66. The van der Waals surface area contributed by atoms with E-state index in [-0.39, 0.29) is 0 Å². The van der Waals surface area contributed by atoms with E-state index >= 15 is 0 Å². The van der Waals surface area contributed by atoms with Gasteiger partial charge in [0.25, 0.3) is 0 Å². The fourth-order valence-electron chi connectivity index (χ4n) is 3.43. The summed E-state index contributed by atoms with van der Waals surface area (Å²) in [6.07, 6.45) is 0.655. The van der Waals surface area contributed by atoms with Crippen LogP contribution in [-0.2, 0) is 15.5 Å². The average Bonchev–Trinajstić information content (AvgIpc) is 2.69. The van der Waals surface area contributed by atoms with Crippen LogP contribution in [0.5, 0.6) is 5.75 Å². The molecule has 0 fully saturated rings. The molecule has 0 saturated heterocycles. The van der Waals surface area contributed by atoms with Gasteiger partial charge < -0.3 is 4.52 Å². The summed E-state index contributed by atoms with van der Waals surface area (Å²) >= 11 is 0. The molecule has 0 aromatic heterocycles. The lowest BCUT2D eigenvalue weighted by molar-refractivity contribution is 0.289. The molecular weight excluding hydrogens is 355 g/mol. The van der Waals surface area contributed by atoms with Crippen molar-refractivity contribution in [3.8, 4) is 5.75 Å².